The van der Waals surface area contributed by atoms with E-state index in [9.17, 15) is 0 Å². The Balaban J connectivity index is 1.27. The molecule has 5 rings (SSSR count). The van der Waals surface area contributed by atoms with E-state index in [1.165, 1.54) is 11.1 Å². The summed E-state index contributed by atoms with van der Waals surface area (Å²) in [6.45, 7) is 2.66. The molecule has 32 heavy (non-hydrogen) atoms. The number of hydrogen-bond donors (Lipinski definition) is 1. The average molecular weight is 551 g/mol. The van der Waals surface area contributed by atoms with Crippen LogP contribution in [0, 0.1) is 0 Å². The van der Waals surface area contributed by atoms with Crippen molar-refractivity contribution in [2.24, 2.45) is 0 Å². The zero-order chi connectivity index (χ0) is 22.1. The van der Waals surface area contributed by atoms with Gasteiger partial charge in [-0.25, -0.2) is 9.97 Å². The fourth-order valence-corrected chi connectivity index (χ4v) is 5.22. The number of halogens is 2. The highest BCUT2D eigenvalue weighted by Crippen LogP contribution is 2.27. The van der Waals surface area contributed by atoms with Crippen LogP contribution in [0.25, 0.3) is 22.6 Å². The molecular weight excluding hydrogens is 530 g/mol. The minimum absolute atomic E-state index is 0.745. The largest absolute Gasteiger partial charge is 0.399 e. The Kier molecular flexibility index (Phi) is 6.04. The summed E-state index contributed by atoms with van der Waals surface area (Å²) in [7, 11) is 0. The molecule has 0 saturated carbocycles. The number of fused-ring (bicyclic) bond motifs is 1. The lowest BCUT2D eigenvalue weighted by Crippen LogP contribution is -2.31. The first-order valence-electron chi connectivity index (χ1n) is 10.4. The number of rotatable bonds is 4. The summed E-state index contributed by atoms with van der Waals surface area (Å²) < 4.78 is 2.06. The molecule has 2 aromatic carbocycles. The Morgan fingerprint density at radius 1 is 0.875 bits per heavy atom. The number of aromatic nitrogens is 3. The molecule has 1 aliphatic rings. The number of nitrogen functional groups attached to an aromatic ring is 1. The molecule has 4 aromatic rings. The van der Waals surface area contributed by atoms with Crippen molar-refractivity contribution in [2.45, 2.75) is 19.5 Å². The summed E-state index contributed by atoms with van der Waals surface area (Å²) in [5.41, 5.74) is 13.1. The summed E-state index contributed by atoms with van der Waals surface area (Å²) in [6, 6.07) is 18.1. The van der Waals surface area contributed by atoms with Crippen molar-refractivity contribution < 1.29 is 0 Å². The molecule has 0 fully saturated rings. The lowest BCUT2D eigenvalue weighted by atomic mass is 10.1. The second-order valence-electron chi connectivity index (χ2n) is 7.96. The van der Waals surface area contributed by atoms with Gasteiger partial charge in [0.1, 0.15) is 0 Å². The molecular formula is C25H21Br2N5. The molecule has 0 amide bonds. The van der Waals surface area contributed by atoms with Gasteiger partial charge in [-0.3, -0.25) is 9.88 Å². The zero-order valence-electron chi connectivity index (χ0n) is 17.3. The highest BCUT2D eigenvalue weighted by Gasteiger charge is 2.19. The van der Waals surface area contributed by atoms with E-state index in [1.807, 2.05) is 42.7 Å². The van der Waals surface area contributed by atoms with E-state index < -0.39 is 0 Å². The molecule has 0 spiro atoms. The van der Waals surface area contributed by atoms with Crippen molar-refractivity contribution in [1.29, 1.82) is 0 Å². The van der Waals surface area contributed by atoms with Gasteiger partial charge in [0.15, 0.2) is 5.82 Å². The summed E-state index contributed by atoms with van der Waals surface area (Å²) in [5, 5.41) is 0. The SMILES string of the molecule is Nc1ccc(-c2ncc3c(n2)CCN(Cc2ccc(-c4cc(Br)cc(Br)c4)nc2)C3)cc1. The van der Waals surface area contributed by atoms with Crippen molar-refractivity contribution in [1.82, 2.24) is 19.9 Å². The van der Waals surface area contributed by atoms with E-state index in [2.05, 4.69) is 66.0 Å². The number of pyridine rings is 1. The van der Waals surface area contributed by atoms with Gasteiger partial charge in [0.2, 0.25) is 0 Å². The highest BCUT2D eigenvalue weighted by atomic mass is 79.9. The monoisotopic (exact) mass is 549 g/mol. The van der Waals surface area contributed by atoms with E-state index in [-0.39, 0.29) is 0 Å². The van der Waals surface area contributed by atoms with Crippen LogP contribution in [0.1, 0.15) is 16.8 Å². The van der Waals surface area contributed by atoms with Gasteiger partial charge in [-0.05, 0) is 54.1 Å². The molecule has 0 saturated heterocycles. The molecule has 160 valence electrons. The minimum atomic E-state index is 0.745. The van der Waals surface area contributed by atoms with Gasteiger partial charge in [0.05, 0.1) is 11.4 Å². The standard InChI is InChI=1S/C25H21Br2N5/c26-20-9-18(10-21(27)11-20)23-6-1-16(12-29-23)14-32-8-7-24-19(15-32)13-30-25(31-24)17-2-4-22(28)5-3-17/h1-6,9-13H,7-8,14-15,28H2. The predicted molar refractivity (Wildman–Crippen MR) is 135 cm³/mol. The van der Waals surface area contributed by atoms with Gasteiger partial charge >= 0.3 is 0 Å². The average Bonchev–Trinajstić information content (AvgIpc) is 2.79. The maximum absolute atomic E-state index is 5.79. The Morgan fingerprint density at radius 2 is 1.66 bits per heavy atom. The fraction of sp³-hybridized carbons (Fsp3) is 0.160. The van der Waals surface area contributed by atoms with Gasteiger partial charge in [-0.2, -0.15) is 0 Å². The van der Waals surface area contributed by atoms with E-state index >= 15 is 0 Å². The fourth-order valence-electron chi connectivity index (χ4n) is 3.93. The Hall–Kier alpha value is -2.61. The van der Waals surface area contributed by atoms with Gasteiger partial charge in [0, 0.05) is 69.8 Å². The van der Waals surface area contributed by atoms with Crippen LogP contribution in [-0.2, 0) is 19.5 Å². The molecule has 0 unspecified atom stereocenters. The molecule has 0 bridgehead atoms. The normalized spacial score (nSPS) is 13.7. The van der Waals surface area contributed by atoms with Crippen molar-refractivity contribution in [3.63, 3.8) is 0 Å². The lowest BCUT2D eigenvalue weighted by Gasteiger charge is -2.28. The van der Waals surface area contributed by atoms with Crippen molar-refractivity contribution >= 4 is 37.5 Å². The zero-order valence-corrected chi connectivity index (χ0v) is 20.5. The second-order valence-corrected chi connectivity index (χ2v) is 9.79. The molecule has 0 atom stereocenters. The van der Waals surface area contributed by atoms with Gasteiger partial charge < -0.3 is 5.73 Å². The van der Waals surface area contributed by atoms with E-state index in [1.54, 1.807) is 0 Å². The maximum Gasteiger partial charge on any atom is 0.159 e. The van der Waals surface area contributed by atoms with Crippen LogP contribution in [0.5, 0.6) is 0 Å². The van der Waals surface area contributed by atoms with Crippen LogP contribution in [0.2, 0.25) is 0 Å². The van der Waals surface area contributed by atoms with Crippen molar-refractivity contribution in [3.05, 3.63) is 92.8 Å². The smallest absolute Gasteiger partial charge is 0.159 e. The summed E-state index contributed by atoms with van der Waals surface area (Å²) in [4.78, 5) is 16.5. The van der Waals surface area contributed by atoms with Crippen LogP contribution in [0.3, 0.4) is 0 Å². The van der Waals surface area contributed by atoms with E-state index in [0.717, 1.165) is 69.0 Å². The molecule has 2 aromatic heterocycles. The molecule has 0 radical (unpaired) electrons. The Bertz CT molecular complexity index is 1240. The third-order valence-corrected chi connectivity index (χ3v) is 6.49. The van der Waals surface area contributed by atoms with Gasteiger partial charge in [-0.15, -0.1) is 0 Å². The Morgan fingerprint density at radius 3 is 2.38 bits per heavy atom. The number of nitrogens with zero attached hydrogens (tertiary/aromatic N) is 4. The topological polar surface area (TPSA) is 67.9 Å². The minimum Gasteiger partial charge on any atom is -0.399 e. The number of nitrogens with two attached hydrogens (primary N) is 1. The molecule has 2 N–H and O–H groups in total. The summed E-state index contributed by atoms with van der Waals surface area (Å²) in [6.07, 6.45) is 4.85. The summed E-state index contributed by atoms with van der Waals surface area (Å²) >= 11 is 7.09. The van der Waals surface area contributed by atoms with Gasteiger partial charge in [0.25, 0.3) is 0 Å². The first-order valence-corrected chi connectivity index (χ1v) is 12.0. The molecule has 5 nitrogen and oxygen atoms in total. The first-order chi connectivity index (χ1) is 15.5. The number of benzene rings is 2. The van der Waals surface area contributed by atoms with Crippen LogP contribution < -0.4 is 5.73 Å². The van der Waals surface area contributed by atoms with E-state index in [4.69, 9.17) is 15.7 Å². The second kappa shape index (κ2) is 9.10. The predicted octanol–water partition coefficient (Wildman–Crippen LogP) is 5.87. The molecule has 3 heterocycles. The van der Waals surface area contributed by atoms with Crippen molar-refractivity contribution in [2.75, 3.05) is 12.3 Å². The van der Waals surface area contributed by atoms with Crippen LogP contribution in [0.4, 0.5) is 5.69 Å². The molecule has 7 heteroatoms. The third-order valence-electron chi connectivity index (χ3n) is 5.57. The number of hydrogen-bond acceptors (Lipinski definition) is 5. The van der Waals surface area contributed by atoms with Gasteiger partial charge in [-0.1, -0.05) is 37.9 Å². The summed E-state index contributed by atoms with van der Waals surface area (Å²) in [5.74, 6) is 0.760. The highest BCUT2D eigenvalue weighted by molar-refractivity contribution is 9.11. The van der Waals surface area contributed by atoms with Crippen LogP contribution >= 0.6 is 31.9 Å². The van der Waals surface area contributed by atoms with Crippen LogP contribution in [0.15, 0.2) is 75.9 Å². The molecule has 0 aliphatic carbocycles. The third kappa shape index (κ3) is 4.75. The first kappa shape index (κ1) is 21.2. The van der Waals surface area contributed by atoms with Crippen molar-refractivity contribution in [3.8, 4) is 22.6 Å². The molecule has 1 aliphatic heterocycles. The lowest BCUT2D eigenvalue weighted by molar-refractivity contribution is 0.242. The number of anilines is 1. The quantitative estimate of drug-likeness (QED) is 0.322. The van der Waals surface area contributed by atoms with E-state index in [0.29, 0.717) is 0 Å². The van der Waals surface area contributed by atoms with Crippen LogP contribution in [-0.4, -0.2) is 26.4 Å². The Labute approximate surface area is 204 Å². The maximum atomic E-state index is 5.79.